The van der Waals surface area contributed by atoms with Crippen LogP contribution in [0.2, 0.25) is 5.02 Å². The van der Waals surface area contributed by atoms with Gasteiger partial charge in [0.1, 0.15) is 11.5 Å². The van der Waals surface area contributed by atoms with E-state index in [2.05, 4.69) is 5.32 Å². The van der Waals surface area contributed by atoms with E-state index < -0.39 is 0 Å². The first-order valence-corrected chi connectivity index (χ1v) is 10.8. The van der Waals surface area contributed by atoms with Crippen molar-refractivity contribution >= 4 is 28.4 Å². The highest BCUT2D eigenvalue weighted by Crippen LogP contribution is 2.34. The van der Waals surface area contributed by atoms with E-state index in [-0.39, 0.29) is 23.8 Å². The lowest BCUT2D eigenvalue weighted by Crippen LogP contribution is -2.52. The molecule has 1 saturated heterocycles. The van der Waals surface area contributed by atoms with Crippen LogP contribution < -0.4 is 5.32 Å². The Balaban J connectivity index is 2.04. The third kappa shape index (κ3) is 4.60. The zero-order chi connectivity index (χ0) is 21.0. The Hall–Kier alpha value is -1.63. The van der Waals surface area contributed by atoms with Gasteiger partial charge >= 0.3 is 0 Å². The molecule has 29 heavy (non-hydrogen) atoms. The number of ether oxygens (including phenoxy) is 1. The number of halogens is 2. The van der Waals surface area contributed by atoms with Gasteiger partial charge in [-0.25, -0.2) is 4.39 Å². The van der Waals surface area contributed by atoms with Crippen LogP contribution in [-0.4, -0.2) is 54.3 Å². The minimum atomic E-state index is -0.356. The van der Waals surface area contributed by atoms with Gasteiger partial charge in [0.15, 0.2) is 0 Å². The van der Waals surface area contributed by atoms with Gasteiger partial charge in [0.2, 0.25) is 0 Å². The second-order valence-electron chi connectivity index (χ2n) is 7.96. The summed E-state index contributed by atoms with van der Waals surface area (Å²) in [6.07, 6.45) is 3.59. The van der Waals surface area contributed by atoms with Crippen molar-refractivity contribution in [1.82, 2.24) is 14.8 Å². The van der Waals surface area contributed by atoms with Crippen LogP contribution >= 0.6 is 11.6 Å². The van der Waals surface area contributed by atoms with Crippen LogP contribution in [0.1, 0.15) is 50.0 Å². The highest BCUT2D eigenvalue weighted by Gasteiger charge is 2.33. The lowest BCUT2D eigenvalue weighted by Gasteiger charge is -2.38. The third-order valence-corrected chi connectivity index (χ3v) is 5.99. The highest BCUT2D eigenvalue weighted by atomic mass is 35.5. The number of carbonyl (C=O) groups excluding carboxylic acids is 1. The van der Waals surface area contributed by atoms with Crippen molar-refractivity contribution in [2.45, 2.75) is 58.2 Å². The quantitative estimate of drug-likeness (QED) is 0.637. The molecule has 1 aliphatic heterocycles. The van der Waals surface area contributed by atoms with Crippen molar-refractivity contribution in [2.75, 3.05) is 26.8 Å². The van der Waals surface area contributed by atoms with E-state index in [1.165, 1.54) is 6.07 Å². The first-order chi connectivity index (χ1) is 14.0. The Morgan fingerprint density at radius 2 is 2.21 bits per heavy atom. The van der Waals surface area contributed by atoms with Crippen molar-refractivity contribution in [2.24, 2.45) is 0 Å². The van der Waals surface area contributed by atoms with Crippen LogP contribution in [0, 0.1) is 5.82 Å². The molecule has 1 aliphatic rings. The molecule has 2 heterocycles. The number of hydrogen-bond donors (Lipinski definition) is 1. The predicted octanol–water partition coefficient (Wildman–Crippen LogP) is 4.46. The maximum absolute atomic E-state index is 14.8. The van der Waals surface area contributed by atoms with Crippen molar-refractivity contribution in [3.05, 3.63) is 34.7 Å². The van der Waals surface area contributed by atoms with Crippen molar-refractivity contribution < 1.29 is 13.9 Å². The van der Waals surface area contributed by atoms with Crippen molar-refractivity contribution in [3.63, 3.8) is 0 Å². The summed E-state index contributed by atoms with van der Waals surface area (Å²) in [7, 11) is 1.66. The molecule has 0 unspecified atom stereocenters. The van der Waals surface area contributed by atoms with Gasteiger partial charge in [0, 0.05) is 44.3 Å². The second-order valence-corrected chi connectivity index (χ2v) is 8.33. The Bertz CT molecular complexity index is 846. The van der Waals surface area contributed by atoms with E-state index in [0.29, 0.717) is 34.8 Å². The van der Waals surface area contributed by atoms with Gasteiger partial charge in [-0.15, -0.1) is 0 Å². The summed E-state index contributed by atoms with van der Waals surface area (Å²) < 4.78 is 21.7. The van der Waals surface area contributed by atoms with Crippen molar-refractivity contribution in [3.8, 4) is 0 Å². The molecule has 0 radical (unpaired) electrons. The van der Waals surface area contributed by atoms with Gasteiger partial charge in [-0.2, -0.15) is 0 Å². The Labute approximate surface area is 177 Å². The summed E-state index contributed by atoms with van der Waals surface area (Å²) in [5.74, 6) is -0.480. The van der Waals surface area contributed by atoms with E-state index in [1.54, 1.807) is 23.8 Å². The summed E-state index contributed by atoms with van der Waals surface area (Å²) in [6, 6.07) is 4.97. The summed E-state index contributed by atoms with van der Waals surface area (Å²) in [6.45, 7) is 6.93. The lowest BCUT2D eigenvalue weighted by atomic mass is 10.0. The third-order valence-electron chi connectivity index (χ3n) is 5.61. The molecule has 0 spiro atoms. The molecule has 0 bridgehead atoms. The number of aryl methyl sites for hydroxylation is 1. The minimum Gasteiger partial charge on any atom is -0.385 e. The van der Waals surface area contributed by atoms with E-state index in [9.17, 15) is 9.18 Å². The zero-order valence-electron chi connectivity index (χ0n) is 17.5. The second kappa shape index (κ2) is 9.92. The molecule has 1 aromatic heterocycles. The van der Waals surface area contributed by atoms with Crippen LogP contribution in [0.15, 0.2) is 18.2 Å². The average Bonchev–Trinajstić information content (AvgIpc) is 2.99. The van der Waals surface area contributed by atoms with E-state index in [4.69, 9.17) is 16.3 Å². The van der Waals surface area contributed by atoms with E-state index in [1.807, 2.05) is 18.7 Å². The van der Waals surface area contributed by atoms with Crippen molar-refractivity contribution in [1.29, 1.82) is 0 Å². The molecule has 1 atom stereocenters. The molecule has 0 saturated carbocycles. The van der Waals surface area contributed by atoms with Gasteiger partial charge in [-0.3, -0.25) is 4.79 Å². The first-order valence-electron chi connectivity index (χ1n) is 10.5. The standard InChI is InChI=1S/C22H31ClFN3O2/c1-15(2)27(16-8-7-11-25-14-16)22(28)21-19(23)17-9-6-10-18(24)20(17)26(21)12-4-5-13-29-3/h6,9-10,15-16,25H,4-5,7-8,11-14H2,1-3H3/t16-/m1/s1. The molecule has 3 rings (SSSR count). The zero-order valence-corrected chi connectivity index (χ0v) is 18.3. The molecular formula is C22H31ClFN3O2. The summed E-state index contributed by atoms with van der Waals surface area (Å²) >= 11 is 6.68. The van der Waals surface area contributed by atoms with Crippen LogP contribution in [-0.2, 0) is 11.3 Å². The largest absolute Gasteiger partial charge is 0.385 e. The number of piperidine rings is 1. The number of fused-ring (bicyclic) bond motifs is 1. The maximum Gasteiger partial charge on any atom is 0.272 e. The Kier molecular flexibility index (Phi) is 7.55. The molecule has 1 fully saturated rings. The normalized spacial score (nSPS) is 17.2. The summed E-state index contributed by atoms with van der Waals surface area (Å²) in [4.78, 5) is 15.7. The number of nitrogens with one attached hydrogen (secondary N) is 1. The predicted molar refractivity (Wildman–Crippen MR) is 115 cm³/mol. The number of nitrogens with zero attached hydrogens (tertiary/aromatic N) is 2. The van der Waals surface area contributed by atoms with Gasteiger partial charge < -0.3 is 19.5 Å². The SMILES string of the molecule is COCCCCn1c(C(=O)N(C(C)C)[C@@H]2CCCNC2)c(Cl)c2cccc(F)c21. The number of hydrogen-bond acceptors (Lipinski definition) is 3. The number of rotatable bonds is 8. The molecule has 160 valence electrons. The molecular weight excluding hydrogens is 393 g/mol. The lowest BCUT2D eigenvalue weighted by molar-refractivity contribution is 0.0562. The van der Waals surface area contributed by atoms with Gasteiger partial charge in [-0.05, 0) is 52.1 Å². The maximum atomic E-state index is 14.8. The average molecular weight is 424 g/mol. The highest BCUT2D eigenvalue weighted by molar-refractivity contribution is 6.38. The van der Waals surface area contributed by atoms with Crippen LogP contribution in [0.5, 0.6) is 0 Å². The number of aromatic nitrogens is 1. The molecule has 5 nitrogen and oxygen atoms in total. The fraction of sp³-hybridized carbons (Fsp3) is 0.591. The van der Waals surface area contributed by atoms with E-state index in [0.717, 1.165) is 38.8 Å². The Morgan fingerprint density at radius 1 is 1.41 bits per heavy atom. The Morgan fingerprint density at radius 3 is 2.86 bits per heavy atom. The van der Waals surface area contributed by atoms with Crippen LogP contribution in [0.25, 0.3) is 10.9 Å². The molecule has 1 N–H and O–H groups in total. The smallest absolute Gasteiger partial charge is 0.272 e. The number of unbranched alkanes of at least 4 members (excludes halogenated alkanes) is 1. The topological polar surface area (TPSA) is 46.5 Å². The molecule has 2 aromatic rings. The molecule has 1 aromatic carbocycles. The monoisotopic (exact) mass is 423 g/mol. The molecule has 1 amide bonds. The molecule has 0 aliphatic carbocycles. The number of carbonyl (C=O) groups is 1. The van der Waals surface area contributed by atoms with Crippen LogP contribution in [0.4, 0.5) is 4.39 Å². The fourth-order valence-electron chi connectivity index (χ4n) is 4.29. The number of benzene rings is 1. The minimum absolute atomic E-state index is 0.0215. The van der Waals surface area contributed by atoms with Gasteiger partial charge in [0.05, 0.1) is 10.5 Å². The number of amides is 1. The molecule has 7 heteroatoms. The summed E-state index contributed by atoms with van der Waals surface area (Å²) in [5, 5.41) is 4.31. The number of para-hydroxylation sites is 1. The number of methoxy groups -OCH3 is 1. The first kappa shape index (κ1) is 22.1. The van der Waals surface area contributed by atoms with Gasteiger partial charge in [-0.1, -0.05) is 23.7 Å². The van der Waals surface area contributed by atoms with Crippen LogP contribution in [0.3, 0.4) is 0 Å². The summed E-state index contributed by atoms with van der Waals surface area (Å²) in [5.41, 5.74) is 0.798. The fourth-order valence-corrected chi connectivity index (χ4v) is 4.62. The van der Waals surface area contributed by atoms with Gasteiger partial charge in [0.25, 0.3) is 5.91 Å². The van der Waals surface area contributed by atoms with E-state index >= 15 is 0 Å².